The van der Waals surface area contributed by atoms with E-state index in [0.717, 1.165) is 36.2 Å². The van der Waals surface area contributed by atoms with Gasteiger partial charge in [-0.05, 0) is 83.5 Å². The highest BCUT2D eigenvalue weighted by atomic mass is 19.4. The van der Waals surface area contributed by atoms with Crippen LogP contribution in [0.2, 0.25) is 0 Å². The maximum atomic E-state index is 13.4. The Labute approximate surface area is 222 Å². The van der Waals surface area contributed by atoms with Crippen molar-refractivity contribution in [3.63, 3.8) is 0 Å². The van der Waals surface area contributed by atoms with Gasteiger partial charge < -0.3 is 5.11 Å². The Morgan fingerprint density at radius 2 is 1.50 bits per heavy atom. The summed E-state index contributed by atoms with van der Waals surface area (Å²) in [6.07, 6.45) is -2.35. The average Bonchev–Trinajstić information content (AvgIpc) is 2.86. The van der Waals surface area contributed by atoms with Crippen LogP contribution in [0.1, 0.15) is 68.2 Å². The van der Waals surface area contributed by atoms with E-state index in [1.807, 2.05) is 19.1 Å². The molecule has 0 aliphatic heterocycles. The summed E-state index contributed by atoms with van der Waals surface area (Å²) in [5.74, 6) is -1.47. The summed E-state index contributed by atoms with van der Waals surface area (Å²) < 4.78 is 52.8. The number of hydrogen-bond donors (Lipinski definition) is 1. The van der Waals surface area contributed by atoms with Gasteiger partial charge in [-0.1, -0.05) is 63.6 Å². The summed E-state index contributed by atoms with van der Waals surface area (Å²) in [5.41, 5.74) is 3.02. The molecule has 0 amide bonds. The van der Waals surface area contributed by atoms with Gasteiger partial charge in [0.2, 0.25) is 0 Å². The largest absolute Gasteiger partial charge is 0.481 e. The quantitative estimate of drug-likeness (QED) is 0.239. The molecule has 0 aliphatic carbocycles. The van der Waals surface area contributed by atoms with Gasteiger partial charge in [0, 0.05) is 13.1 Å². The number of carbonyl (C=O) groups is 1. The molecule has 1 N–H and O–H groups in total. The molecule has 3 rings (SSSR count). The SMILES string of the molecule is CCCC(C(=O)O)c1cc(CN(CCC(C)C)Cc2ccc(F)cc2)cc(-c2ccc(C(F)(F)F)cc2)c1. The maximum Gasteiger partial charge on any atom is 0.416 e. The van der Waals surface area contributed by atoms with Crippen LogP contribution >= 0.6 is 0 Å². The Morgan fingerprint density at radius 1 is 0.868 bits per heavy atom. The predicted molar refractivity (Wildman–Crippen MR) is 142 cm³/mol. The molecular formula is C31H35F4NO2. The first kappa shape index (κ1) is 29.4. The first-order chi connectivity index (χ1) is 18.0. The van der Waals surface area contributed by atoms with Crippen molar-refractivity contribution in [3.8, 4) is 11.1 Å². The topological polar surface area (TPSA) is 40.5 Å². The summed E-state index contributed by atoms with van der Waals surface area (Å²) in [5, 5.41) is 9.91. The lowest BCUT2D eigenvalue weighted by atomic mass is 9.89. The molecule has 0 bridgehead atoms. The monoisotopic (exact) mass is 529 g/mol. The van der Waals surface area contributed by atoms with Crippen LogP contribution in [0.3, 0.4) is 0 Å². The number of alkyl halides is 3. The first-order valence-corrected chi connectivity index (χ1v) is 13.0. The highest BCUT2D eigenvalue weighted by molar-refractivity contribution is 5.77. The normalized spacial score (nSPS) is 12.8. The van der Waals surface area contributed by atoms with Crippen LogP contribution in [-0.2, 0) is 24.1 Å². The Bertz CT molecular complexity index is 1190. The Kier molecular flexibility index (Phi) is 10.1. The summed E-state index contributed by atoms with van der Waals surface area (Å²) in [7, 11) is 0. The van der Waals surface area contributed by atoms with E-state index in [0.29, 0.717) is 48.5 Å². The predicted octanol–water partition coefficient (Wildman–Crippen LogP) is 8.53. The van der Waals surface area contributed by atoms with Crippen molar-refractivity contribution in [2.75, 3.05) is 6.54 Å². The van der Waals surface area contributed by atoms with E-state index in [9.17, 15) is 27.5 Å². The Balaban J connectivity index is 2.01. The zero-order chi connectivity index (χ0) is 27.9. The minimum absolute atomic E-state index is 0.299. The fourth-order valence-corrected chi connectivity index (χ4v) is 4.51. The van der Waals surface area contributed by atoms with Crippen LogP contribution in [-0.4, -0.2) is 22.5 Å². The van der Waals surface area contributed by atoms with Gasteiger partial charge in [0.25, 0.3) is 0 Å². The van der Waals surface area contributed by atoms with Crippen molar-refractivity contribution in [2.45, 2.75) is 65.2 Å². The van der Waals surface area contributed by atoms with Gasteiger partial charge in [-0.3, -0.25) is 9.69 Å². The van der Waals surface area contributed by atoms with Gasteiger partial charge in [-0.2, -0.15) is 13.2 Å². The Hall–Kier alpha value is -3.19. The van der Waals surface area contributed by atoms with Crippen LogP contribution in [0.25, 0.3) is 11.1 Å². The van der Waals surface area contributed by atoms with Crippen LogP contribution in [0, 0.1) is 11.7 Å². The number of carboxylic acid groups (broad SMARTS) is 1. The van der Waals surface area contributed by atoms with Crippen molar-refractivity contribution in [1.82, 2.24) is 4.90 Å². The van der Waals surface area contributed by atoms with E-state index in [1.54, 1.807) is 18.2 Å². The molecule has 3 aromatic carbocycles. The van der Waals surface area contributed by atoms with Gasteiger partial charge in [0.15, 0.2) is 0 Å². The second kappa shape index (κ2) is 13.1. The molecule has 0 spiro atoms. The number of rotatable bonds is 12. The lowest BCUT2D eigenvalue weighted by molar-refractivity contribution is -0.139. The highest BCUT2D eigenvalue weighted by Crippen LogP contribution is 2.33. The van der Waals surface area contributed by atoms with Gasteiger partial charge >= 0.3 is 12.1 Å². The van der Waals surface area contributed by atoms with Gasteiger partial charge in [0.05, 0.1) is 11.5 Å². The molecule has 38 heavy (non-hydrogen) atoms. The van der Waals surface area contributed by atoms with Gasteiger partial charge in [-0.15, -0.1) is 0 Å². The van der Waals surface area contributed by atoms with Crippen molar-refractivity contribution < 1.29 is 27.5 Å². The molecule has 3 aromatic rings. The molecule has 0 aliphatic rings. The number of halogens is 4. The average molecular weight is 530 g/mol. The van der Waals surface area contributed by atoms with E-state index in [4.69, 9.17) is 0 Å². The molecule has 0 saturated carbocycles. The number of nitrogens with zero attached hydrogens (tertiary/aromatic N) is 1. The lowest BCUT2D eigenvalue weighted by Crippen LogP contribution is -2.25. The van der Waals surface area contributed by atoms with E-state index in [-0.39, 0.29) is 5.82 Å². The van der Waals surface area contributed by atoms with Crippen molar-refractivity contribution in [2.24, 2.45) is 5.92 Å². The van der Waals surface area contributed by atoms with Crippen molar-refractivity contribution in [1.29, 1.82) is 0 Å². The van der Waals surface area contributed by atoms with E-state index in [2.05, 4.69) is 18.7 Å². The number of hydrogen-bond acceptors (Lipinski definition) is 2. The third kappa shape index (κ3) is 8.42. The lowest BCUT2D eigenvalue weighted by Gasteiger charge is -2.25. The number of benzene rings is 3. The van der Waals surface area contributed by atoms with Crippen LogP contribution in [0.5, 0.6) is 0 Å². The Morgan fingerprint density at radius 3 is 2.05 bits per heavy atom. The van der Waals surface area contributed by atoms with Crippen molar-refractivity contribution >= 4 is 5.97 Å². The zero-order valence-corrected chi connectivity index (χ0v) is 22.1. The van der Waals surface area contributed by atoms with Crippen LogP contribution in [0.15, 0.2) is 66.7 Å². The molecule has 0 fully saturated rings. The standard InChI is InChI=1S/C31H35F4NO2/c1-4-5-29(30(37)38)26-17-23(16-25(18-26)24-8-10-27(11-9-24)31(33,34)35)20-36(15-14-21(2)3)19-22-6-12-28(32)13-7-22/h6-13,16-18,21,29H,4-5,14-15,19-20H2,1-3H3,(H,37,38). The smallest absolute Gasteiger partial charge is 0.416 e. The molecule has 0 radical (unpaired) electrons. The summed E-state index contributed by atoms with van der Waals surface area (Å²) in [6.45, 7) is 8.09. The zero-order valence-electron chi connectivity index (χ0n) is 22.1. The van der Waals surface area contributed by atoms with Gasteiger partial charge in [0.1, 0.15) is 5.82 Å². The summed E-state index contributed by atoms with van der Waals surface area (Å²) in [4.78, 5) is 14.3. The number of aliphatic carboxylic acids is 1. The maximum absolute atomic E-state index is 13.4. The third-order valence-electron chi connectivity index (χ3n) is 6.59. The van der Waals surface area contributed by atoms with Gasteiger partial charge in [-0.25, -0.2) is 4.39 Å². The fourth-order valence-electron chi connectivity index (χ4n) is 4.51. The van der Waals surface area contributed by atoms with Crippen LogP contribution < -0.4 is 0 Å². The summed E-state index contributed by atoms with van der Waals surface area (Å²) in [6, 6.07) is 16.9. The second-order valence-corrected chi connectivity index (χ2v) is 10.2. The minimum Gasteiger partial charge on any atom is -0.481 e. The molecule has 0 saturated heterocycles. The van der Waals surface area contributed by atoms with Crippen LogP contribution in [0.4, 0.5) is 17.6 Å². The van der Waals surface area contributed by atoms with E-state index in [1.165, 1.54) is 24.3 Å². The first-order valence-electron chi connectivity index (χ1n) is 13.0. The molecule has 0 heterocycles. The number of carboxylic acids is 1. The molecular weight excluding hydrogens is 494 g/mol. The van der Waals surface area contributed by atoms with E-state index >= 15 is 0 Å². The second-order valence-electron chi connectivity index (χ2n) is 10.2. The fraction of sp³-hybridized carbons (Fsp3) is 0.387. The molecule has 204 valence electrons. The van der Waals surface area contributed by atoms with Crippen molar-refractivity contribution in [3.05, 3.63) is 94.8 Å². The molecule has 3 nitrogen and oxygen atoms in total. The van der Waals surface area contributed by atoms with E-state index < -0.39 is 23.6 Å². The third-order valence-corrected chi connectivity index (χ3v) is 6.59. The molecule has 0 aromatic heterocycles. The molecule has 7 heteroatoms. The molecule has 1 atom stereocenters. The summed E-state index contributed by atoms with van der Waals surface area (Å²) >= 11 is 0. The highest BCUT2D eigenvalue weighted by Gasteiger charge is 2.30. The molecule has 1 unspecified atom stereocenters. The minimum atomic E-state index is -4.43.